The van der Waals surface area contributed by atoms with Gasteiger partial charge in [0.05, 0.1) is 5.54 Å². The van der Waals surface area contributed by atoms with Crippen molar-refractivity contribution in [2.24, 2.45) is 0 Å². The molecule has 3 rings (SSSR count). The first-order valence-corrected chi connectivity index (χ1v) is 9.29. The summed E-state index contributed by atoms with van der Waals surface area (Å²) in [7, 11) is 0. The van der Waals surface area contributed by atoms with Crippen LogP contribution in [0.2, 0.25) is 0 Å². The lowest BCUT2D eigenvalue weighted by Crippen LogP contribution is -2.55. The van der Waals surface area contributed by atoms with Crippen molar-refractivity contribution in [3.8, 4) is 0 Å². The van der Waals surface area contributed by atoms with Gasteiger partial charge in [0.1, 0.15) is 6.10 Å². The van der Waals surface area contributed by atoms with Gasteiger partial charge in [-0.15, -0.1) is 24.0 Å². The lowest BCUT2D eigenvalue weighted by atomic mass is 9.74. The lowest BCUT2D eigenvalue weighted by molar-refractivity contribution is -0.151. The summed E-state index contributed by atoms with van der Waals surface area (Å²) in [6, 6.07) is 20.9. The van der Waals surface area contributed by atoms with Crippen molar-refractivity contribution >= 4 is 30.0 Å². The highest BCUT2D eigenvalue weighted by Gasteiger charge is 2.45. The average molecular weight is 394 g/mol. The Morgan fingerprint density at radius 3 is 2.12 bits per heavy atom. The van der Waals surface area contributed by atoms with Gasteiger partial charge in [0.2, 0.25) is 0 Å². The molecule has 0 amide bonds. The van der Waals surface area contributed by atoms with E-state index >= 15 is 0 Å². The van der Waals surface area contributed by atoms with Gasteiger partial charge in [0.15, 0.2) is 0 Å². The maximum Gasteiger partial charge on any atom is 0.302 e. The molecule has 0 aliphatic carbocycles. The van der Waals surface area contributed by atoms with Gasteiger partial charge in [-0.25, -0.2) is 0 Å². The topological polar surface area (TPSA) is 29.5 Å². The van der Waals surface area contributed by atoms with Crippen molar-refractivity contribution in [3.05, 3.63) is 71.8 Å². The second kappa shape index (κ2) is 9.40. The monoisotopic (exact) mass is 393 g/mol. The number of carbonyl (C=O) groups is 1. The molecule has 0 spiro atoms. The molecule has 2 aromatic carbocycles. The lowest BCUT2D eigenvalue weighted by Gasteiger charge is -2.50. The fourth-order valence-corrected chi connectivity index (χ4v) is 4.19. The van der Waals surface area contributed by atoms with Crippen molar-refractivity contribution < 1.29 is 9.53 Å². The Balaban J connectivity index is 0.00000243. The molecule has 1 atom stereocenters. The van der Waals surface area contributed by atoms with E-state index in [0.717, 1.165) is 25.9 Å². The number of esters is 1. The largest absolute Gasteiger partial charge is 0.462 e. The van der Waals surface area contributed by atoms with Crippen LogP contribution in [0.5, 0.6) is 0 Å². The molecule has 2 aromatic rings. The molecule has 1 fully saturated rings. The summed E-state index contributed by atoms with van der Waals surface area (Å²) in [4.78, 5) is 14.0. The molecule has 1 unspecified atom stereocenters. The summed E-state index contributed by atoms with van der Waals surface area (Å²) >= 11 is 6.13. The third-order valence-corrected chi connectivity index (χ3v) is 5.14. The van der Waals surface area contributed by atoms with Crippen molar-refractivity contribution in [1.29, 1.82) is 0 Å². The van der Waals surface area contributed by atoms with Gasteiger partial charge in [-0.2, -0.15) is 0 Å². The number of benzene rings is 2. The number of halogens is 2. The first-order valence-electron chi connectivity index (χ1n) is 8.76. The molecule has 0 aromatic heterocycles. The highest BCUT2D eigenvalue weighted by atomic mass is 35.5. The molecule has 1 heterocycles. The van der Waals surface area contributed by atoms with E-state index in [1.54, 1.807) is 0 Å². The normalized spacial score (nSPS) is 19.4. The van der Waals surface area contributed by atoms with E-state index in [1.165, 1.54) is 18.1 Å². The molecule has 0 radical (unpaired) electrons. The van der Waals surface area contributed by atoms with E-state index in [0.29, 0.717) is 5.88 Å². The number of hydrogen-bond donors (Lipinski definition) is 0. The second-order valence-corrected chi connectivity index (χ2v) is 6.87. The Morgan fingerprint density at radius 1 is 1.12 bits per heavy atom. The molecule has 0 saturated carbocycles. The van der Waals surface area contributed by atoms with Crippen LogP contribution < -0.4 is 0 Å². The quantitative estimate of drug-likeness (QED) is 0.548. The van der Waals surface area contributed by atoms with Crippen LogP contribution in [0.4, 0.5) is 0 Å². The summed E-state index contributed by atoms with van der Waals surface area (Å²) in [5, 5.41) is 0. The predicted octanol–water partition coefficient (Wildman–Crippen LogP) is 4.62. The number of rotatable bonds is 5. The van der Waals surface area contributed by atoms with Crippen molar-refractivity contribution in [3.63, 3.8) is 0 Å². The van der Waals surface area contributed by atoms with E-state index in [1.807, 2.05) is 12.1 Å². The van der Waals surface area contributed by atoms with Crippen molar-refractivity contribution in [2.45, 2.75) is 31.4 Å². The summed E-state index contributed by atoms with van der Waals surface area (Å²) in [5.74, 6) is 0.352. The van der Waals surface area contributed by atoms with Gasteiger partial charge in [0.25, 0.3) is 0 Å². The number of likely N-dealkylation sites (tertiary alicyclic amines) is 1. The van der Waals surface area contributed by atoms with Crippen LogP contribution in [0.1, 0.15) is 30.9 Å². The van der Waals surface area contributed by atoms with Crippen molar-refractivity contribution in [1.82, 2.24) is 4.90 Å². The minimum Gasteiger partial charge on any atom is -0.462 e. The minimum absolute atomic E-state index is 0. The number of piperidine rings is 1. The zero-order valence-electron chi connectivity index (χ0n) is 14.9. The fourth-order valence-electron chi connectivity index (χ4n) is 3.99. The third-order valence-electron chi connectivity index (χ3n) is 4.97. The van der Waals surface area contributed by atoms with Crippen LogP contribution in [-0.2, 0) is 15.1 Å². The van der Waals surface area contributed by atoms with Crippen molar-refractivity contribution in [2.75, 3.05) is 19.0 Å². The number of carbonyl (C=O) groups excluding carboxylic acids is 1. The van der Waals surface area contributed by atoms with E-state index in [-0.39, 0.29) is 30.0 Å². The number of alkyl halides is 1. The van der Waals surface area contributed by atoms with E-state index < -0.39 is 0 Å². The Labute approximate surface area is 166 Å². The maximum absolute atomic E-state index is 11.5. The third kappa shape index (κ3) is 4.22. The SMILES string of the molecule is CC(=O)OC1CCN(CCCl)C(c2ccccc2)(c2ccccc2)C1.Cl. The molecule has 140 valence electrons. The molecular formula is C21H25Cl2NO2. The van der Waals surface area contributed by atoms with E-state index in [4.69, 9.17) is 16.3 Å². The van der Waals surface area contributed by atoms with Crippen LogP contribution in [0.25, 0.3) is 0 Å². The van der Waals surface area contributed by atoms with Gasteiger partial charge in [0, 0.05) is 32.3 Å². The van der Waals surface area contributed by atoms with Gasteiger partial charge in [-0.3, -0.25) is 9.69 Å². The van der Waals surface area contributed by atoms with Gasteiger partial charge in [-0.1, -0.05) is 60.7 Å². The van der Waals surface area contributed by atoms with Crippen LogP contribution in [-0.4, -0.2) is 35.9 Å². The maximum atomic E-state index is 11.5. The Bertz CT molecular complexity index is 654. The predicted molar refractivity (Wildman–Crippen MR) is 108 cm³/mol. The van der Waals surface area contributed by atoms with Crippen LogP contribution in [0.3, 0.4) is 0 Å². The minimum atomic E-state index is -0.338. The van der Waals surface area contributed by atoms with E-state index in [2.05, 4.69) is 53.4 Å². The smallest absolute Gasteiger partial charge is 0.302 e. The van der Waals surface area contributed by atoms with Crippen LogP contribution >= 0.6 is 24.0 Å². The zero-order valence-corrected chi connectivity index (χ0v) is 16.5. The Kier molecular flexibility index (Phi) is 7.51. The highest BCUT2D eigenvalue weighted by molar-refractivity contribution is 6.18. The first kappa shape index (κ1) is 20.8. The molecule has 3 nitrogen and oxygen atoms in total. The van der Waals surface area contributed by atoms with Gasteiger partial charge >= 0.3 is 5.97 Å². The molecule has 0 bridgehead atoms. The number of nitrogens with zero attached hydrogens (tertiary/aromatic N) is 1. The molecule has 26 heavy (non-hydrogen) atoms. The molecule has 1 aliphatic heterocycles. The number of hydrogen-bond acceptors (Lipinski definition) is 3. The van der Waals surface area contributed by atoms with Crippen LogP contribution in [0.15, 0.2) is 60.7 Å². The molecule has 0 N–H and O–H groups in total. The van der Waals surface area contributed by atoms with Crippen LogP contribution in [0, 0.1) is 0 Å². The number of ether oxygens (including phenoxy) is 1. The summed E-state index contributed by atoms with van der Waals surface area (Å²) < 4.78 is 5.62. The summed E-state index contributed by atoms with van der Waals surface area (Å²) in [5.41, 5.74) is 2.09. The van der Waals surface area contributed by atoms with Gasteiger partial charge in [-0.05, 0) is 17.5 Å². The fraction of sp³-hybridized carbons (Fsp3) is 0.381. The first-order chi connectivity index (χ1) is 12.2. The average Bonchev–Trinajstić information content (AvgIpc) is 2.64. The summed E-state index contributed by atoms with van der Waals surface area (Å²) in [6.07, 6.45) is 1.47. The highest BCUT2D eigenvalue weighted by Crippen LogP contribution is 2.44. The Morgan fingerprint density at radius 2 is 1.65 bits per heavy atom. The van der Waals surface area contributed by atoms with E-state index in [9.17, 15) is 4.79 Å². The molecule has 5 heteroatoms. The standard InChI is InChI=1S/C21H24ClNO2.ClH/c1-17(24)25-20-12-14-23(15-13-22)21(16-20,18-8-4-2-5-9-18)19-10-6-3-7-11-19;/h2-11,20H,12-16H2,1H3;1H. The molecular weight excluding hydrogens is 369 g/mol. The Hall–Kier alpha value is -1.55. The summed E-state index contributed by atoms with van der Waals surface area (Å²) in [6.45, 7) is 3.12. The molecule has 1 saturated heterocycles. The second-order valence-electron chi connectivity index (χ2n) is 6.49. The van der Waals surface area contributed by atoms with Gasteiger partial charge < -0.3 is 4.74 Å². The molecule has 1 aliphatic rings. The zero-order chi connectivity index (χ0) is 17.7.